The first-order valence-electron chi connectivity index (χ1n) is 7.76. The maximum Gasteiger partial charge on any atom is 0.202 e. The molecule has 24 heavy (non-hydrogen) atoms. The van der Waals surface area contributed by atoms with Gasteiger partial charge in [-0.25, -0.2) is 0 Å². The second kappa shape index (κ2) is 7.11. The van der Waals surface area contributed by atoms with E-state index in [1.807, 2.05) is 30.3 Å². The fraction of sp³-hybridized carbons (Fsp3) is 0.0952. The number of rotatable bonds is 6. The average Bonchev–Trinajstić information content (AvgIpc) is 2.68. The fourth-order valence-corrected chi connectivity index (χ4v) is 2.53. The molecule has 0 aromatic heterocycles. The number of carbonyl (C=O) groups excluding carboxylic acids is 1. The van der Waals surface area contributed by atoms with Crippen molar-refractivity contribution in [2.45, 2.75) is 5.60 Å². The second-order valence-corrected chi connectivity index (χ2v) is 5.52. The average molecular weight is 318 g/mol. The number of aliphatic hydroxyl groups is 1. The van der Waals surface area contributed by atoms with Crippen molar-refractivity contribution in [3.63, 3.8) is 0 Å². The minimum atomic E-state index is -1.75. The summed E-state index contributed by atoms with van der Waals surface area (Å²) in [5.41, 5.74) is -0.798. The molecular formula is C21H18O3. The van der Waals surface area contributed by atoms with Crippen LogP contribution in [0.3, 0.4) is 0 Å². The van der Waals surface area contributed by atoms with Gasteiger partial charge in [-0.05, 0) is 17.7 Å². The van der Waals surface area contributed by atoms with E-state index < -0.39 is 5.60 Å². The van der Waals surface area contributed by atoms with E-state index in [0.717, 1.165) is 0 Å². The van der Waals surface area contributed by atoms with Crippen LogP contribution >= 0.6 is 0 Å². The third kappa shape index (κ3) is 3.36. The van der Waals surface area contributed by atoms with Gasteiger partial charge in [0.2, 0.25) is 5.78 Å². The molecule has 0 spiro atoms. The molecule has 0 fully saturated rings. The maximum absolute atomic E-state index is 13.0. The zero-order valence-corrected chi connectivity index (χ0v) is 13.1. The highest BCUT2D eigenvalue weighted by Gasteiger charge is 2.39. The summed E-state index contributed by atoms with van der Waals surface area (Å²) in [4.78, 5) is 13.0. The summed E-state index contributed by atoms with van der Waals surface area (Å²) in [6.45, 7) is -0.158. The normalized spacial score (nSPS) is 13.0. The topological polar surface area (TPSA) is 46.5 Å². The number of Topliss-reactive ketones (excluding diaryl/α,β-unsaturated/α-hetero) is 1. The van der Waals surface area contributed by atoms with E-state index in [-0.39, 0.29) is 12.4 Å². The predicted molar refractivity (Wildman–Crippen MR) is 93.0 cm³/mol. The third-order valence-corrected chi connectivity index (χ3v) is 3.85. The molecule has 1 N–H and O–H groups in total. The Hall–Kier alpha value is -2.91. The molecule has 1 atom stereocenters. The van der Waals surface area contributed by atoms with E-state index in [0.29, 0.717) is 16.9 Å². The highest BCUT2D eigenvalue weighted by molar-refractivity contribution is 6.03. The van der Waals surface area contributed by atoms with Crippen molar-refractivity contribution in [2.75, 3.05) is 6.61 Å². The summed E-state index contributed by atoms with van der Waals surface area (Å²) in [7, 11) is 0. The van der Waals surface area contributed by atoms with Crippen LogP contribution < -0.4 is 4.74 Å². The van der Waals surface area contributed by atoms with Crippen molar-refractivity contribution in [1.29, 1.82) is 0 Å². The van der Waals surface area contributed by atoms with Gasteiger partial charge in [-0.3, -0.25) is 4.79 Å². The minimum Gasteiger partial charge on any atom is -0.490 e. The number of ketones is 1. The number of carbonyl (C=O) groups is 1. The Morgan fingerprint density at radius 3 is 1.88 bits per heavy atom. The Bertz CT molecular complexity index is 785. The van der Waals surface area contributed by atoms with Crippen LogP contribution in [0.15, 0.2) is 91.0 Å². The molecule has 3 nitrogen and oxygen atoms in total. The molecular weight excluding hydrogens is 300 g/mol. The lowest BCUT2D eigenvalue weighted by Crippen LogP contribution is -2.41. The highest BCUT2D eigenvalue weighted by atomic mass is 16.5. The quantitative estimate of drug-likeness (QED) is 0.703. The molecule has 0 radical (unpaired) electrons. The summed E-state index contributed by atoms with van der Waals surface area (Å²) in [5, 5.41) is 11.2. The standard InChI is InChI=1S/C21H18O3/c22-20(17-10-4-1-5-11-17)21(23,18-12-6-2-7-13-18)16-24-19-14-8-3-9-15-19/h1-15,23H,16H2. The fourth-order valence-electron chi connectivity index (χ4n) is 2.53. The second-order valence-electron chi connectivity index (χ2n) is 5.52. The largest absolute Gasteiger partial charge is 0.490 e. The molecule has 0 aliphatic heterocycles. The van der Waals surface area contributed by atoms with E-state index in [9.17, 15) is 9.90 Å². The lowest BCUT2D eigenvalue weighted by atomic mass is 9.86. The summed E-state index contributed by atoms with van der Waals surface area (Å²) in [5.74, 6) is 0.220. The van der Waals surface area contributed by atoms with E-state index in [2.05, 4.69) is 0 Å². The Morgan fingerprint density at radius 2 is 1.29 bits per heavy atom. The van der Waals surface area contributed by atoms with E-state index >= 15 is 0 Å². The van der Waals surface area contributed by atoms with Crippen molar-refractivity contribution < 1.29 is 14.6 Å². The van der Waals surface area contributed by atoms with E-state index in [1.165, 1.54) is 0 Å². The van der Waals surface area contributed by atoms with Gasteiger partial charge >= 0.3 is 0 Å². The molecule has 3 heteroatoms. The van der Waals surface area contributed by atoms with E-state index in [1.54, 1.807) is 60.7 Å². The first-order valence-corrected chi connectivity index (χ1v) is 7.76. The molecule has 0 bridgehead atoms. The summed E-state index contributed by atoms with van der Waals surface area (Å²) < 4.78 is 5.70. The number of hydrogen-bond donors (Lipinski definition) is 1. The van der Waals surface area contributed by atoms with Crippen LogP contribution in [-0.2, 0) is 5.60 Å². The molecule has 0 saturated heterocycles. The number of benzene rings is 3. The van der Waals surface area contributed by atoms with Crippen LogP contribution in [0, 0.1) is 0 Å². The SMILES string of the molecule is O=C(c1ccccc1)C(O)(COc1ccccc1)c1ccccc1. The molecule has 1 unspecified atom stereocenters. The smallest absolute Gasteiger partial charge is 0.202 e. The summed E-state index contributed by atoms with van der Waals surface area (Å²) in [6.07, 6.45) is 0. The van der Waals surface area contributed by atoms with Crippen molar-refractivity contribution >= 4 is 5.78 Å². The highest BCUT2D eigenvalue weighted by Crippen LogP contribution is 2.27. The molecule has 0 amide bonds. The number of para-hydroxylation sites is 1. The molecule has 0 aliphatic carbocycles. The first kappa shape index (κ1) is 16.0. The molecule has 3 aromatic carbocycles. The zero-order chi connectivity index (χ0) is 16.8. The van der Waals surface area contributed by atoms with Crippen LogP contribution in [-0.4, -0.2) is 17.5 Å². The Balaban J connectivity index is 1.93. The van der Waals surface area contributed by atoms with Crippen molar-refractivity contribution in [3.05, 3.63) is 102 Å². The Kier molecular flexibility index (Phi) is 4.73. The van der Waals surface area contributed by atoms with Gasteiger partial charge in [0.25, 0.3) is 0 Å². The van der Waals surface area contributed by atoms with Crippen molar-refractivity contribution in [1.82, 2.24) is 0 Å². The van der Waals surface area contributed by atoms with Gasteiger partial charge < -0.3 is 9.84 Å². The molecule has 0 heterocycles. The van der Waals surface area contributed by atoms with Gasteiger partial charge in [-0.2, -0.15) is 0 Å². The first-order chi connectivity index (χ1) is 11.7. The van der Waals surface area contributed by atoms with Crippen LogP contribution in [0.1, 0.15) is 15.9 Å². The van der Waals surface area contributed by atoms with E-state index in [4.69, 9.17) is 4.74 Å². The van der Waals surface area contributed by atoms with Crippen molar-refractivity contribution in [2.24, 2.45) is 0 Å². The molecule has 0 saturated carbocycles. The molecule has 120 valence electrons. The van der Waals surface area contributed by atoms with Crippen LogP contribution in [0.5, 0.6) is 5.75 Å². The predicted octanol–water partition coefficient (Wildman–Crippen LogP) is 3.84. The lowest BCUT2D eigenvalue weighted by Gasteiger charge is -2.27. The monoisotopic (exact) mass is 318 g/mol. The van der Waals surface area contributed by atoms with Gasteiger partial charge in [0.05, 0.1) is 0 Å². The van der Waals surface area contributed by atoms with Crippen molar-refractivity contribution in [3.8, 4) is 5.75 Å². The summed E-state index contributed by atoms with van der Waals surface area (Å²) in [6, 6.07) is 26.8. The van der Waals surface area contributed by atoms with Crippen LogP contribution in [0.25, 0.3) is 0 Å². The number of hydrogen-bond acceptors (Lipinski definition) is 3. The molecule has 3 rings (SSSR count). The summed E-state index contributed by atoms with van der Waals surface area (Å²) >= 11 is 0. The van der Waals surface area contributed by atoms with Crippen LogP contribution in [0.2, 0.25) is 0 Å². The third-order valence-electron chi connectivity index (χ3n) is 3.85. The van der Waals surface area contributed by atoms with Gasteiger partial charge in [0, 0.05) is 5.56 Å². The Labute approximate surface area is 141 Å². The van der Waals surface area contributed by atoms with Gasteiger partial charge in [-0.15, -0.1) is 0 Å². The minimum absolute atomic E-state index is 0.158. The molecule has 3 aromatic rings. The van der Waals surface area contributed by atoms with Gasteiger partial charge in [0.1, 0.15) is 12.4 Å². The van der Waals surface area contributed by atoms with Gasteiger partial charge in [0.15, 0.2) is 5.60 Å². The zero-order valence-electron chi connectivity index (χ0n) is 13.1. The molecule has 0 aliphatic rings. The Morgan fingerprint density at radius 1 is 0.792 bits per heavy atom. The van der Waals surface area contributed by atoms with Gasteiger partial charge in [-0.1, -0.05) is 78.9 Å². The lowest BCUT2D eigenvalue weighted by molar-refractivity contribution is 0.00259. The van der Waals surface area contributed by atoms with Crippen LogP contribution in [0.4, 0.5) is 0 Å². The number of ether oxygens (including phenoxy) is 1. The maximum atomic E-state index is 13.0.